The zero-order chi connectivity index (χ0) is 85.8. The van der Waals surface area contributed by atoms with Crippen LogP contribution < -0.4 is 31.9 Å². The number of carboxylic acid groups (broad SMARTS) is 1. The second-order valence-corrected chi connectivity index (χ2v) is 36.1. The molecule has 0 aliphatic carbocycles. The van der Waals surface area contributed by atoms with Gasteiger partial charge in [0, 0.05) is 157 Å². The van der Waals surface area contributed by atoms with Crippen LogP contribution in [0, 0.1) is 17.8 Å². The average molecular weight is 1770 g/mol. The number of carbonyl (C=O) groups is 7. The number of aliphatic hydroxyl groups excluding tert-OH is 1. The summed E-state index contributed by atoms with van der Waals surface area (Å²) in [6.07, 6.45) is 11.0. The molecule has 6 aromatic rings. The molecule has 120 heavy (non-hydrogen) atoms. The van der Waals surface area contributed by atoms with E-state index < -0.39 is 12.0 Å². The van der Waals surface area contributed by atoms with Crippen molar-refractivity contribution in [3.05, 3.63) is 209 Å². The first-order chi connectivity index (χ1) is 57.8. The van der Waals surface area contributed by atoms with Gasteiger partial charge in [-0.15, -0.1) is 0 Å². The Morgan fingerprint density at radius 1 is 0.408 bits per heavy atom. The van der Waals surface area contributed by atoms with E-state index in [1.807, 2.05) is 40.1 Å². The first-order valence-electron chi connectivity index (χ1n) is 43.4. The summed E-state index contributed by atoms with van der Waals surface area (Å²) >= 11 is 36.3. The first kappa shape index (κ1) is 95.3. The van der Waals surface area contributed by atoms with E-state index in [4.69, 9.17) is 69.6 Å². The summed E-state index contributed by atoms with van der Waals surface area (Å²) in [5.41, 5.74) is 5.10. The highest BCUT2D eigenvalue weighted by Crippen LogP contribution is 2.31. The molecular weight excluding hydrogens is 1640 g/mol. The van der Waals surface area contributed by atoms with E-state index in [1.54, 1.807) is 54.6 Å². The van der Waals surface area contributed by atoms with Crippen LogP contribution in [-0.4, -0.2) is 241 Å². The van der Waals surface area contributed by atoms with E-state index in [-0.39, 0.29) is 89.5 Å². The number of aliphatic carboxylic acids is 1. The summed E-state index contributed by atoms with van der Waals surface area (Å²) in [5.74, 6) is 0.860. The molecule has 6 aliphatic heterocycles. The third-order valence-electron chi connectivity index (χ3n) is 24.7. The van der Waals surface area contributed by atoms with E-state index in [0.29, 0.717) is 162 Å². The molecule has 0 saturated carbocycles. The lowest BCUT2D eigenvalue weighted by Gasteiger charge is -2.36. The van der Waals surface area contributed by atoms with Crippen LogP contribution in [0.2, 0.25) is 30.1 Å². The Hall–Kier alpha value is -6.93. The molecule has 0 bridgehead atoms. The number of aliphatic hydroxyl groups is 1. The van der Waals surface area contributed by atoms with Crippen molar-refractivity contribution in [3.63, 3.8) is 0 Å². The molecule has 2 unspecified atom stereocenters. The second kappa shape index (κ2) is 48.4. The monoisotopic (exact) mass is 1760 g/mol. The minimum absolute atomic E-state index is 0.0123. The van der Waals surface area contributed by atoms with Crippen molar-refractivity contribution in [2.45, 2.75) is 185 Å². The summed E-state index contributed by atoms with van der Waals surface area (Å²) < 4.78 is 0. The smallest absolute Gasteiger partial charge is 0.306 e. The van der Waals surface area contributed by atoms with Crippen LogP contribution in [0.1, 0.15) is 190 Å². The van der Waals surface area contributed by atoms with Crippen LogP contribution in [0.5, 0.6) is 0 Å². The van der Waals surface area contributed by atoms with Gasteiger partial charge in [-0.05, 0) is 186 Å². The molecule has 12 rings (SSSR count). The highest BCUT2D eigenvalue weighted by Gasteiger charge is 2.38. The molecule has 27 heteroatoms. The summed E-state index contributed by atoms with van der Waals surface area (Å²) in [4.78, 5) is 105. The SMILES string of the molecule is CC[C@H](CN1CC[C@@H](CNC(=O)c2ccc(Cl)c(Cl)c2)N[C@@H](CCN2CC(C)CC(C)C2)C1=O)c1ccccc1.CC[C@H](CN1CC[C@@H](CNC(=O)c2ccc(Cl)c(Cl)c2)N[C@@H](CCN2CCC(C(=O)O)CC2)C1=O)c1ccccc1.CC[C@H](CN1CC[C@@H](CNC(=O)c2ccc(Cl)c(Cl)c2)N[C@@H](CCN2CCC(O)CC2)C1=O)c1ccccc1. The van der Waals surface area contributed by atoms with Gasteiger partial charge in [-0.1, -0.05) is 195 Å². The topological polar surface area (TPSA) is 252 Å². The Balaban J connectivity index is 0.000000189. The number of piperidine rings is 3. The molecule has 6 saturated heterocycles. The minimum atomic E-state index is -0.726. The quantitative estimate of drug-likeness (QED) is 0.0201. The Kier molecular flexibility index (Phi) is 38.4. The molecule has 21 nitrogen and oxygen atoms in total. The van der Waals surface area contributed by atoms with Crippen LogP contribution in [0.25, 0.3) is 0 Å². The van der Waals surface area contributed by atoms with Crippen molar-refractivity contribution in [3.8, 4) is 0 Å². The van der Waals surface area contributed by atoms with Gasteiger partial charge < -0.3 is 71.5 Å². The van der Waals surface area contributed by atoms with Gasteiger partial charge in [0.2, 0.25) is 17.7 Å². The normalized spacial score (nSPS) is 22.7. The number of carboxylic acids is 1. The van der Waals surface area contributed by atoms with Gasteiger partial charge in [-0.25, -0.2) is 0 Å². The maximum atomic E-state index is 13.9. The fourth-order valence-corrected chi connectivity index (χ4v) is 18.5. The van der Waals surface area contributed by atoms with E-state index in [0.717, 1.165) is 104 Å². The lowest BCUT2D eigenvalue weighted by molar-refractivity contribution is -0.143. The van der Waals surface area contributed by atoms with Gasteiger partial charge in [-0.2, -0.15) is 0 Å². The van der Waals surface area contributed by atoms with Gasteiger partial charge in [0.25, 0.3) is 17.7 Å². The highest BCUT2D eigenvalue weighted by atomic mass is 35.5. The van der Waals surface area contributed by atoms with E-state index in [1.165, 1.54) is 23.1 Å². The van der Waals surface area contributed by atoms with Crippen LogP contribution >= 0.6 is 69.6 Å². The van der Waals surface area contributed by atoms with E-state index >= 15 is 0 Å². The molecule has 0 spiro atoms. The molecule has 0 radical (unpaired) electrons. The molecule has 652 valence electrons. The van der Waals surface area contributed by atoms with Gasteiger partial charge in [0.15, 0.2) is 0 Å². The van der Waals surface area contributed by atoms with Gasteiger partial charge in [-0.3, -0.25) is 33.6 Å². The summed E-state index contributed by atoms with van der Waals surface area (Å²) in [5, 5.41) is 41.2. The fourth-order valence-electron chi connectivity index (χ4n) is 17.6. The van der Waals surface area contributed by atoms with Gasteiger partial charge >= 0.3 is 5.97 Å². The molecule has 6 fully saturated rings. The number of likely N-dealkylation sites (tertiary alicyclic amines) is 3. The van der Waals surface area contributed by atoms with Crippen LogP contribution in [0.3, 0.4) is 0 Å². The number of hydrogen-bond donors (Lipinski definition) is 8. The molecule has 0 aromatic heterocycles. The summed E-state index contributed by atoms with van der Waals surface area (Å²) in [7, 11) is 0. The number of halogens is 6. The van der Waals surface area contributed by atoms with Gasteiger partial charge in [0.1, 0.15) is 0 Å². The summed E-state index contributed by atoms with van der Waals surface area (Å²) in [6.45, 7) is 24.0. The van der Waals surface area contributed by atoms with Crippen molar-refractivity contribution in [1.29, 1.82) is 0 Å². The number of nitrogens with zero attached hydrogens (tertiary/aromatic N) is 6. The molecule has 11 atom stereocenters. The molecule has 8 N–H and O–H groups in total. The Morgan fingerprint density at radius 2 is 0.708 bits per heavy atom. The lowest BCUT2D eigenvalue weighted by Crippen LogP contribution is -2.51. The number of rotatable bonds is 31. The number of nitrogens with one attached hydrogen (secondary N) is 6. The standard InChI is InChI=1S/C32H44Cl2N4O2.C31H40Cl2N4O4.C30H40Cl2N4O3/c1-4-24(25-8-6-5-7-9-25)21-38-15-12-27(18-35-31(39)26-10-11-28(33)29(34)17-26)36-30(32(38)40)13-14-37-19-22(2)16-23(3)20-37;1-2-21(22-6-4-3-5-7-22)20-37-17-12-25(19-34-29(38)24-8-9-26(32)27(33)18-24)35-28(30(37)39)13-16-36-14-10-23(11-15-36)31(40)41;1-2-21(22-6-4-3-5-7-22)20-36-17-10-24(19-33-29(38)23-8-9-26(31)27(32)18-23)34-28(30(36)39)13-16-35-14-11-25(37)12-15-35/h5-11,17,22-24,27,30,36H,4,12-16,18-21H2,1-3H3,(H,35,39);3-9,18,21,23,25,28,35H,2,10-17,19-20H2,1H3,(H,34,38)(H,40,41);3-9,18,21,24-25,28,34,37H,2,10-17,19-20H2,1H3,(H,33,38)/t22?,23?,24-,27+,30+;21-,25+,28+;21-,24+,28+/m111/s1. The Labute approximate surface area is 740 Å². The molecule has 6 amide bonds. The molecule has 6 heterocycles. The van der Waals surface area contributed by atoms with E-state index in [2.05, 4.69) is 147 Å². The summed E-state index contributed by atoms with van der Waals surface area (Å²) in [6, 6.07) is 44.6. The van der Waals surface area contributed by atoms with Crippen molar-refractivity contribution in [2.75, 3.05) is 118 Å². The van der Waals surface area contributed by atoms with Crippen LogP contribution in [-0.2, 0) is 19.2 Å². The predicted octanol–water partition coefficient (Wildman–Crippen LogP) is 14.8. The van der Waals surface area contributed by atoms with E-state index in [9.17, 15) is 43.8 Å². The third kappa shape index (κ3) is 29.1. The molecule has 6 aromatic carbocycles. The average Bonchev–Trinajstić information content (AvgIpc) is 1.68. The number of carbonyl (C=O) groups excluding carboxylic acids is 6. The maximum absolute atomic E-state index is 13.9. The maximum Gasteiger partial charge on any atom is 0.306 e. The first-order valence-corrected chi connectivity index (χ1v) is 45.7. The largest absolute Gasteiger partial charge is 0.481 e. The molecule has 6 aliphatic rings. The van der Waals surface area contributed by atoms with Crippen molar-refractivity contribution in [1.82, 2.24) is 61.3 Å². The van der Waals surface area contributed by atoms with Crippen LogP contribution in [0.4, 0.5) is 0 Å². The van der Waals surface area contributed by atoms with Crippen molar-refractivity contribution < 1.29 is 43.8 Å². The fraction of sp³-hybridized carbons (Fsp3) is 0.538. The third-order valence-corrected chi connectivity index (χ3v) is 26.9. The Bertz CT molecular complexity index is 4250. The number of hydrogen-bond acceptors (Lipinski definition) is 14. The highest BCUT2D eigenvalue weighted by molar-refractivity contribution is 6.43. The zero-order valence-corrected chi connectivity index (χ0v) is 74.7. The molecular formula is C93H124Cl6N12O9. The van der Waals surface area contributed by atoms with Crippen molar-refractivity contribution >= 4 is 111 Å². The van der Waals surface area contributed by atoms with Crippen LogP contribution in [0.15, 0.2) is 146 Å². The van der Waals surface area contributed by atoms with Gasteiger partial charge in [0.05, 0.1) is 60.3 Å². The predicted molar refractivity (Wildman–Crippen MR) is 482 cm³/mol. The second-order valence-electron chi connectivity index (χ2n) is 33.6. The van der Waals surface area contributed by atoms with Crippen molar-refractivity contribution in [2.24, 2.45) is 17.8 Å². The Morgan fingerprint density at radius 3 is 1.00 bits per heavy atom. The number of benzene rings is 6. The number of amides is 6. The lowest BCUT2D eigenvalue weighted by atomic mass is 9.91. The minimum Gasteiger partial charge on any atom is -0.481 e. The zero-order valence-electron chi connectivity index (χ0n) is 70.2.